The summed E-state index contributed by atoms with van der Waals surface area (Å²) in [7, 11) is 0. The number of rotatable bonds is 4. The van der Waals surface area contributed by atoms with E-state index in [1.54, 1.807) is 0 Å². The first-order chi connectivity index (χ1) is 12.2. The molecule has 2 aromatic carbocycles. The van der Waals surface area contributed by atoms with Crippen molar-refractivity contribution in [3.63, 3.8) is 0 Å². The van der Waals surface area contributed by atoms with Crippen LogP contribution in [-0.4, -0.2) is 36.0 Å². The summed E-state index contributed by atoms with van der Waals surface area (Å²) in [5.74, 6) is 0.467. The molecule has 3 heteroatoms. The van der Waals surface area contributed by atoms with Gasteiger partial charge in [-0.25, -0.2) is 0 Å². The van der Waals surface area contributed by atoms with Crippen molar-refractivity contribution in [3.8, 4) is 6.07 Å². The Morgan fingerprint density at radius 3 is 1.80 bits per heavy atom. The van der Waals surface area contributed by atoms with E-state index < -0.39 is 0 Å². The minimum Gasteiger partial charge on any atom is -0.298 e. The van der Waals surface area contributed by atoms with Gasteiger partial charge in [-0.15, -0.1) is 0 Å². The van der Waals surface area contributed by atoms with Gasteiger partial charge in [-0.3, -0.25) is 9.80 Å². The molecule has 0 radical (unpaired) electrons. The molecule has 3 rings (SSSR count). The summed E-state index contributed by atoms with van der Waals surface area (Å²) in [6.45, 7) is 8.01. The molecule has 130 valence electrons. The Hall–Kier alpha value is -2.15. The minimum atomic E-state index is 0.0854. The minimum absolute atomic E-state index is 0.0854. The zero-order chi connectivity index (χ0) is 17.5. The van der Waals surface area contributed by atoms with Crippen LogP contribution in [0.3, 0.4) is 0 Å². The number of nitrogens with zero attached hydrogens (tertiary/aromatic N) is 3. The molecule has 1 aliphatic rings. The average molecular weight is 333 g/mol. The van der Waals surface area contributed by atoms with Gasteiger partial charge in [-0.1, -0.05) is 67.6 Å². The molecule has 1 heterocycles. The molecule has 1 fully saturated rings. The maximum absolute atomic E-state index is 9.64. The SMILES string of the molecule is C[C@H]1CN(Cc2ccccc2)CCN(Cc2ccccc2)C[C@@H]1C#N. The van der Waals surface area contributed by atoms with E-state index in [0.717, 1.165) is 39.3 Å². The smallest absolute Gasteiger partial charge is 0.0672 e. The highest BCUT2D eigenvalue weighted by Gasteiger charge is 2.26. The van der Waals surface area contributed by atoms with Crippen molar-refractivity contribution in [2.45, 2.75) is 20.0 Å². The van der Waals surface area contributed by atoms with Crippen LogP contribution in [0.2, 0.25) is 0 Å². The lowest BCUT2D eigenvalue weighted by Crippen LogP contribution is -2.44. The summed E-state index contributed by atoms with van der Waals surface area (Å²) in [4.78, 5) is 4.94. The van der Waals surface area contributed by atoms with Crippen molar-refractivity contribution in [1.29, 1.82) is 5.26 Å². The first-order valence-electron chi connectivity index (χ1n) is 9.17. The topological polar surface area (TPSA) is 30.3 Å². The van der Waals surface area contributed by atoms with Gasteiger partial charge in [0, 0.05) is 39.3 Å². The number of hydrogen-bond donors (Lipinski definition) is 0. The molecule has 1 aliphatic heterocycles. The van der Waals surface area contributed by atoms with Gasteiger partial charge in [0.1, 0.15) is 0 Å². The molecule has 0 aromatic heterocycles. The summed E-state index contributed by atoms with van der Waals surface area (Å²) in [5, 5.41) is 9.64. The van der Waals surface area contributed by atoms with E-state index in [4.69, 9.17) is 0 Å². The van der Waals surface area contributed by atoms with Crippen molar-refractivity contribution in [3.05, 3.63) is 71.8 Å². The van der Waals surface area contributed by atoms with Gasteiger partial charge in [0.15, 0.2) is 0 Å². The second kappa shape index (κ2) is 8.80. The van der Waals surface area contributed by atoms with Crippen molar-refractivity contribution < 1.29 is 0 Å². The quantitative estimate of drug-likeness (QED) is 0.853. The third-order valence-corrected chi connectivity index (χ3v) is 5.08. The molecule has 3 nitrogen and oxygen atoms in total. The van der Waals surface area contributed by atoms with Gasteiger partial charge in [0.2, 0.25) is 0 Å². The molecule has 0 saturated carbocycles. The highest BCUT2D eigenvalue weighted by Crippen LogP contribution is 2.20. The van der Waals surface area contributed by atoms with E-state index in [1.807, 2.05) is 0 Å². The van der Waals surface area contributed by atoms with Crippen LogP contribution < -0.4 is 0 Å². The molecule has 1 saturated heterocycles. The fourth-order valence-corrected chi connectivity index (χ4v) is 3.60. The van der Waals surface area contributed by atoms with Crippen molar-refractivity contribution in [2.24, 2.45) is 11.8 Å². The Morgan fingerprint density at radius 2 is 1.32 bits per heavy atom. The van der Waals surface area contributed by atoms with E-state index in [9.17, 15) is 5.26 Å². The lowest BCUT2D eigenvalue weighted by molar-refractivity contribution is 0.115. The monoisotopic (exact) mass is 333 g/mol. The van der Waals surface area contributed by atoms with Crippen LogP contribution in [0.1, 0.15) is 18.1 Å². The van der Waals surface area contributed by atoms with Crippen LogP contribution in [0.5, 0.6) is 0 Å². The third-order valence-electron chi connectivity index (χ3n) is 5.08. The number of hydrogen-bond acceptors (Lipinski definition) is 3. The third kappa shape index (κ3) is 5.16. The van der Waals surface area contributed by atoms with Gasteiger partial charge in [-0.2, -0.15) is 5.26 Å². The molecule has 0 unspecified atom stereocenters. The van der Waals surface area contributed by atoms with Gasteiger partial charge >= 0.3 is 0 Å². The Kier molecular flexibility index (Phi) is 6.22. The Bertz CT molecular complexity index is 677. The van der Waals surface area contributed by atoms with E-state index in [1.165, 1.54) is 11.1 Å². The zero-order valence-corrected chi connectivity index (χ0v) is 15.0. The number of nitriles is 1. The van der Waals surface area contributed by atoms with Crippen molar-refractivity contribution in [2.75, 3.05) is 26.2 Å². The Labute approximate surface area is 151 Å². The van der Waals surface area contributed by atoms with Crippen LogP contribution in [0.25, 0.3) is 0 Å². The van der Waals surface area contributed by atoms with Gasteiger partial charge in [-0.05, 0) is 17.0 Å². The molecule has 0 amide bonds. The predicted molar refractivity (Wildman–Crippen MR) is 102 cm³/mol. The van der Waals surface area contributed by atoms with Gasteiger partial charge < -0.3 is 0 Å². The normalized spacial score (nSPS) is 22.7. The van der Waals surface area contributed by atoms with Crippen LogP contribution in [-0.2, 0) is 13.1 Å². The zero-order valence-electron chi connectivity index (χ0n) is 15.0. The largest absolute Gasteiger partial charge is 0.298 e. The van der Waals surface area contributed by atoms with Crippen LogP contribution >= 0.6 is 0 Å². The van der Waals surface area contributed by atoms with E-state index in [-0.39, 0.29) is 5.92 Å². The molecular weight excluding hydrogens is 306 g/mol. The molecule has 0 aliphatic carbocycles. The Balaban J connectivity index is 1.69. The first-order valence-corrected chi connectivity index (χ1v) is 9.17. The summed E-state index contributed by atoms with van der Waals surface area (Å²) in [6, 6.07) is 23.8. The molecule has 0 spiro atoms. The highest BCUT2D eigenvalue weighted by molar-refractivity contribution is 5.15. The van der Waals surface area contributed by atoms with Crippen molar-refractivity contribution >= 4 is 0 Å². The molecule has 0 bridgehead atoms. The number of benzene rings is 2. The lowest BCUT2D eigenvalue weighted by atomic mass is 9.92. The second-order valence-electron chi connectivity index (χ2n) is 7.15. The lowest BCUT2D eigenvalue weighted by Gasteiger charge is -2.36. The maximum Gasteiger partial charge on any atom is 0.0672 e. The van der Waals surface area contributed by atoms with Crippen LogP contribution in [0.15, 0.2) is 60.7 Å². The molecule has 0 N–H and O–H groups in total. The van der Waals surface area contributed by atoms with Gasteiger partial charge in [0.25, 0.3) is 0 Å². The Morgan fingerprint density at radius 1 is 0.840 bits per heavy atom. The standard InChI is InChI=1S/C22H27N3/c1-19-15-24(16-20-8-4-2-5-9-20)12-13-25(18-22(19)14-23)17-21-10-6-3-7-11-21/h2-11,19,22H,12-13,15-18H2,1H3/t19-,22-/m0/s1. The molecular formula is C22H27N3. The fraction of sp³-hybridized carbons (Fsp3) is 0.409. The predicted octanol–water partition coefficient (Wildman–Crippen LogP) is 3.78. The fourth-order valence-electron chi connectivity index (χ4n) is 3.60. The summed E-state index contributed by atoms with van der Waals surface area (Å²) in [5.41, 5.74) is 2.67. The van der Waals surface area contributed by atoms with Crippen molar-refractivity contribution in [1.82, 2.24) is 9.80 Å². The molecule has 25 heavy (non-hydrogen) atoms. The van der Waals surface area contributed by atoms with Crippen LogP contribution in [0, 0.1) is 23.2 Å². The maximum atomic E-state index is 9.64. The molecule has 2 atom stereocenters. The van der Waals surface area contributed by atoms with E-state index >= 15 is 0 Å². The highest BCUT2D eigenvalue weighted by atomic mass is 15.2. The first kappa shape index (κ1) is 17.7. The average Bonchev–Trinajstić information content (AvgIpc) is 2.64. The second-order valence-corrected chi connectivity index (χ2v) is 7.15. The van der Waals surface area contributed by atoms with Crippen LogP contribution in [0.4, 0.5) is 0 Å². The molecule has 2 aromatic rings. The van der Waals surface area contributed by atoms with E-state index in [2.05, 4.69) is 83.5 Å². The summed E-state index contributed by atoms with van der Waals surface area (Å²) >= 11 is 0. The van der Waals surface area contributed by atoms with E-state index in [0.29, 0.717) is 5.92 Å². The summed E-state index contributed by atoms with van der Waals surface area (Å²) < 4.78 is 0. The van der Waals surface area contributed by atoms with Gasteiger partial charge in [0.05, 0.1) is 12.0 Å². The summed E-state index contributed by atoms with van der Waals surface area (Å²) in [6.07, 6.45) is 0.